The van der Waals surface area contributed by atoms with Gasteiger partial charge in [0.15, 0.2) is 0 Å². The molecule has 0 spiro atoms. The van der Waals surface area contributed by atoms with E-state index in [1.54, 1.807) is 24.3 Å². The maximum atomic E-state index is 12.2. The van der Waals surface area contributed by atoms with Gasteiger partial charge in [0.1, 0.15) is 12.1 Å². The molecule has 0 saturated carbocycles. The number of nitrogens with one attached hydrogen (secondary N) is 1. The van der Waals surface area contributed by atoms with Crippen LogP contribution in [0.2, 0.25) is 0 Å². The predicted octanol–water partition coefficient (Wildman–Crippen LogP) is 3.68. The lowest BCUT2D eigenvalue weighted by atomic mass is 9.80. The van der Waals surface area contributed by atoms with Crippen molar-refractivity contribution in [1.82, 2.24) is 5.32 Å². The second kappa shape index (κ2) is 9.82. The predicted molar refractivity (Wildman–Crippen MR) is 112 cm³/mol. The van der Waals surface area contributed by atoms with Crippen LogP contribution in [0.15, 0.2) is 60.7 Å². The molecule has 2 unspecified atom stereocenters. The Bertz CT molecular complexity index is 845. The average molecular weight is 412 g/mol. The van der Waals surface area contributed by atoms with Crippen molar-refractivity contribution >= 4 is 5.97 Å². The molecular weight excluding hydrogens is 384 g/mol. The summed E-state index contributed by atoms with van der Waals surface area (Å²) in [6, 6.07) is 15.7. The Morgan fingerprint density at radius 1 is 1.17 bits per heavy atom. The summed E-state index contributed by atoms with van der Waals surface area (Å²) in [5.74, 6) is -1.94. The van der Waals surface area contributed by atoms with Crippen molar-refractivity contribution < 1.29 is 19.6 Å². The molecule has 2 aromatic rings. The lowest BCUT2D eigenvalue weighted by molar-refractivity contribution is -0.535. The number of rotatable bonds is 9. The quantitative estimate of drug-likeness (QED) is 0.481. The summed E-state index contributed by atoms with van der Waals surface area (Å²) in [5, 5.41) is 25.1. The normalized spacial score (nSPS) is 25.5. The molecule has 1 aliphatic rings. The number of carboxylic acids is 1. The molecule has 0 aliphatic carbocycles. The smallest absolute Gasteiger partial charge is 0.321 e. The van der Waals surface area contributed by atoms with Crippen LogP contribution in [-0.2, 0) is 16.1 Å². The highest BCUT2D eigenvalue weighted by molar-refractivity contribution is 5.75. The molecule has 1 saturated heterocycles. The lowest BCUT2D eigenvalue weighted by Crippen LogP contribution is -2.47. The molecule has 0 amide bonds. The van der Waals surface area contributed by atoms with Gasteiger partial charge in [-0.25, -0.2) is 0 Å². The number of carbonyl (C=O) groups is 1. The van der Waals surface area contributed by atoms with E-state index < -0.39 is 36.1 Å². The molecule has 0 radical (unpaired) electrons. The molecular formula is C23H28N2O5. The van der Waals surface area contributed by atoms with Crippen LogP contribution in [0, 0.1) is 22.0 Å². The first kappa shape index (κ1) is 21.9. The van der Waals surface area contributed by atoms with Crippen LogP contribution in [0.3, 0.4) is 0 Å². The van der Waals surface area contributed by atoms with E-state index in [0.717, 1.165) is 12.0 Å². The fourth-order valence-corrected chi connectivity index (χ4v) is 4.31. The van der Waals surface area contributed by atoms with E-state index in [4.69, 9.17) is 4.74 Å². The highest BCUT2D eigenvalue weighted by atomic mass is 16.6. The van der Waals surface area contributed by atoms with Gasteiger partial charge in [-0.15, -0.1) is 0 Å². The monoisotopic (exact) mass is 412 g/mol. The highest BCUT2D eigenvalue weighted by Gasteiger charge is 2.57. The Morgan fingerprint density at radius 3 is 2.30 bits per heavy atom. The molecule has 1 fully saturated rings. The molecule has 1 aliphatic heterocycles. The lowest BCUT2D eigenvalue weighted by Gasteiger charge is -2.31. The summed E-state index contributed by atoms with van der Waals surface area (Å²) in [7, 11) is 0. The third kappa shape index (κ3) is 4.68. The SMILES string of the molecule is CC[C@H](C)[C@H](OCc1ccccc1)C1C([N+](=O)[O-])[C@H](c2ccccc2)N[C@@H]1C(=O)O. The number of hydrogen-bond acceptors (Lipinski definition) is 5. The van der Waals surface area contributed by atoms with E-state index in [-0.39, 0.29) is 17.4 Å². The maximum absolute atomic E-state index is 12.2. The minimum absolute atomic E-state index is 0.0423. The third-order valence-corrected chi connectivity index (χ3v) is 6.02. The Kier molecular flexibility index (Phi) is 7.18. The maximum Gasteiger partial charge on any atom is 0.321 e. The van der Waals surface area contributed by atoms with Gasteiger partial charge in [0.2, 0.25) is 6.04 Å². The van der Waals surface area contributed by atoms with Gasteiger partial charge in [-0.05, 0) is 17.0 Å². The van der Waals surface area contributed by atoms with Crippen LogP contribution in [0.1, 0.15) is 37.4 Å². The fourth-order valence-electron chi connectivity index (χ4n) is 4.31. The zero-order chi connectivity index (χ0) is 21.7. The van der Waals surface area contributed by atoms with E-state index in [2.05, 4.69) is 5.32 Å². The Labute approximate surface area is 176 Å². The minimum Gasteiger partial charge on any atom is -0.480 e. The van der Waals surface area contributed by atoms with Crippen molar-refractivity contribution in [3.05, 3.63) is 81.9 Å². The number of ether oxygens (including phenoxy) is 1. The Morgan fingerprint density at radius 2 is 1.77 bits per heavy atom. The third-order valence-electron chi connectivity index (χ3n) is 6.02. The number of hydrogen-bond donors (Lipinski definition) is 2. The zero-order valence-electron chi connectivity index (χ0n) is 17.2. The second-order valence-electron chi connectivity index (χ2n) is 7.87. The van der Waals surface area contributed by atoms with E-state index in [9.17, 15) is 20.0 Å². The number of nitrogens with zero attached hydrogens (tertiary/aromatic N) is 1. The van der Waals surface area contributed by atoms with E-state index >= 15 is 0 Å². The number of aliphatic carboxylic acids is 1. The second-order valence-corrected chi connectivity index (χ2v) is 7.87. The summed E-state index contributed by atoms with van der Waals surface area (Å²) >= 11 is 0. The molecule has 3 rings (SSSR count). The van der Waals surface area contributed by atoms with Crippen molar-refractivity contribution in [3.8, 4) is 0 Å². The van der Waals surface area contributed by atoms with Crippen molar-refractivity contribution in [1.29, 1.82) is 0 Å². The van der Waals surface area contributed by atoms with E-state index in [0.29, 0.717) is 5.56 Å². The van der Waals surface area contributed by atoms with Gasteiger partial charge < -0.3 is 9.84 Å². The van der Waals surface area contributed by atoms with Crippen molar-refractivity contribution in [2.24, 2.45) is 11.8 Å². The van der Waals surface area contributed by atoms with Gasteiger partial charge in [0, 0.05) is 4.92 Å². The number of nitro groups is 1. The van der Waals surface area contributed by atoms with Gasteiger partial charge in [0.05, 0.1) is 18.6 Å². The largest absolute Gasteiger partial charge is 0.480 e. The molecule has 0 bridgehead atoms. The first-order valence-corrected chi connectivity index (χ1v) is 10.3. The molecule has 30 heavy (non-hydrogen) atoms. The van der Waals surface area contributed by atoms with Crippen LogP contribution in [0.5, 0.6) is 0 Å². The zero-order valence-corrected chi connectivity index (χ0v) is 17.2. The van der Waals surface area contributed by atoms with Gasteiger partial charge in [-0.1, -0.05) is 80.9 Å². The summed E-state index contributed by atoms with van der Waals surface area (Å²) in [4.78, 5) is 23.9. The number of carboxylic acid groups (broad SMARTS) is 1. The van der Waals surface area contributed by atoms with E-state index in [1.165, 1.54) is 0 Å². The van der Waals surface area contributed by atoms with Crippen molar-refractivity contribution in [3.63, 3.8) is 0 Å². The van der Waals surface area contributed by atoms with Crippen molar-refractivity contribution in [2.75, 3.05) is 0 Å². The Balaban J connectivity index is 1.96. The molecule has 6 atom stereocenters. The summed E-state index contributed by atoms with van der Waals surface area (Å²) in [6.45, 7) is 4.22. The van der Waals surface area contributed by atoms with Crippen LogP contribution >= 0.6 is 0 Å². The van der Waals surface area contributed by atoms with E-state index in [1.807, 2.05) is 50.2 Å². The summed E-state index contributed by atoms with van der Waals surface area (Å²) in [5.41, 5.74) is 1.65. The van der Waals surface area contributed by atoms with Crippen LogP contribution in [0.25, 0.3) is 0 Å². The first-order valence-electron chi connectivity index (χ1n) is 10.3. The molecule has 1 heterocycles. The molecule has 7 nitrogen and oxygen atoms in total. The summed E-state index contributed by atoms with van der Waals surface area (Å²) in [6.07, 6.45) is 0.149. The van der Waals surface area contributed by atoms with Crippen LogP contribution in [0.4, 0.5) is 0 Å². The standard InChI is InChI=1S/C23H28N2O5/c1-3-15(2)22(30-14-16-10-6-4-7-11-16)18-20(23(26)27)24-19(21(18)25(28)29)17-12-8-5-9-13-17/h4-13,15,18-22,24H,3,14H2,1-2H3,(H,26,27)/t15-,18?,19-,20-,21?,22-/m0/s1. The first-order chi connectivity index (χ1) is 14.4. The highest BCUT2D eigenvalue weighted by Crippen LogP contribution is 2.39. The van der Waals surface area contributed by atoms with Gasteiger partial charge in [-0.3, -0.25) is 20.2 Å². The molecule has 2 aromatic carbocycles. The molecule has 2 N–H and O–H groups in total. The molecule has 160 valence electrons. The fraction of sp³-hybridized carbons (Fsp3) is 0.435. The number of benzene rings is 2. The summed E-state index contributed by atoms with van der Waals surface area (Å²) < 4.78 is 6.20. The van der Waals surface area contributed by atoms with Gasteiger partial charge in [0.25, 0.3) is 0 Å². The molecule has 0 aromatic heterocycles. The Hall–Kier alpha value is -2.77. The molecule has 7 heteroatoms. The minimum atomic E-state index is -1.11. The van der Waals surface area contributed by atoms with Crippen molar-refractivity contribution in [2.45, 2.75) is 51.1 Å². The average Bonchev–Trinajstić information content (AvgIpc) is 3.16. The van der Waals surface area contributed by atoms with Gasteiger partial charge in [-0.2, -0.15) is 0 Å². The van der Waals surface area contributed by atoms with Crippen LogP contribution < -0.4 is 5.32 Å². The van der Waals surface area contributed by atoms with Gasteiger partial charge >= 0.3 is 5.97 Å². The van der Waals surface area contributed by atoms with Crippen LogP contribution in [-0.4, -0.2) is 34.2 Å². The topological polar surface area (TPSA) is 102 Å².